The number of hydrogen-bond donors (Lipinski definition) is 2. The molecule has 1 aromatic heterocycles. The zero-order valence-corrected chi connectivity index (χ0v) is 15.4. The molecular formula is C21H17ClN4O. The molecule has 3 N–H and O–H groups in total. The summed E-state index contributed by atoms with van der Waals surface area (Å²) in [7, 11) is 0. The van der Waals surface area contributed by atoms with Crippen LogP contribution in [0.4, 0.5) is 11.5 Å². The number of halogens is 1. The smallest absolute Gasteiger partial charge is 0.230 e. The summed E-state index contributed by atoms with van der Waals surface area (Å²) in [5.41, 5.74) is 9.66. The van der Waals surface area contributed by atoms with Crippen molar-refractivity contribution < 1.29 is 4.79 Å². The van der Waals surface area contributed by atoms with Crippen molar-refractivity contribution in [1.29, 1.82) is 5.26 Å². The number of anilines is 2. The van der Waals surface area contributed by atoms with Crippen molar-refractivity contribution in [2.45, 2.75) is 13.3 Å². The molecule has 1 fully saturated rings. The van der Waals surface area contributed by atoms with Gasteiger partial charge in [-0.1, -0.05) is 35.9 Å². The molecule has 0 bridgehead atoms. The second-order valence-electron chi connectivity index (χ2n) is 6.82. The van der Waals surface area contributed by atoms with Gasteiger partial charge in [-0.2, -0.15) is 5.26 Å². The first-order chi connectivity index (χ1) is 13.0. The summed E-state index contributed by atoms with van der Waals surface area (Å²) >= 11 is 6.53. The number of benzene rings is 2. The van der Waals surface area contributed by atoms with Crippen molar-refractivity contribution in [3.05, 3.63) is 53.2 Å². The monoisotopic (exact) mass is 376 g/mol. The van der Waals surface area contributed by atoms with E-state index in [0.29, 0.717) is 22.9 Å². The average molecular weight is 377 g/mol. The molecule has 0 aliphatic heterocycles. The summed E-state index contributed by atoms with van der Waals surface area (Å²) in [6.07, 6.45) is 2.22. The fraction of sp³-hybridized carbons (Fsp3) is 0.190. The van der Waals surface area contributed by atoms with Crippen LogP contribution >= 0.6 is 11.6 Å². The van der Waals surface area contributed by atoms with Crippen LogP contribution in [0.1, 0.15) is 12.0 Å². The maximum atomic E-state index is 12.2. The van der Waals surface area contributed by atoms with Gasteiger partial charge in [-0.25, -0.2) is 4.98 Å². The number of nitriles is 1. The Morgan fingerprint density at radius 3 is 2.81 bits per heavy atom. The highest BCUT2D eigenvalue weighted by Gasteiger charge is 2.43. The van der Waals surface area contributed by atoms with Gasteiger partial charge in [0.05, 0.1) is 28.6 Å². The lowest BCUT2D eigenvalue weighted by Crippen LogP contribution is -2.15. The molecule has 0 radical (unpaired) electrons. The Hall–Kier alpha value is -3.10. The Balaban J connectivity index is 1.75. The molecule has 2 atom stereocenters. The van der Waals surface area contributed by atoms with Crippen molar-refractivity contribution >= 4 is 39.8 Å². The van der Waals surface area contributed by atoms with Gasteiger partial charge in [-0.05, 0) is 42.0 Å². The molecule has 6 heteroatoms. The lowest BCUT2D eigenvalue weighted by atomic mass is 9.97. The van der Waals surface area contributed by atoms with Crippen molar-refractivity contribution in [3.8, 4) is 17.2 Å². The molecule has 5 nitrogen and oxygen atoms in total. The normalized spacial score (nSPS) is 18.1. The standard InChI is InChI=1S/C21H17ClN4O/c1-11-4-2-3-5-14(11)16-6-12-8-18(25-10-17(12)20(24)19(16)22)26-21(27)15-7-13(15)9-23/h2-6,8,10,13,15H,7,24H2,1H3,(H,25,26,27). The molecular weight excluding hydrogens is 360 g/mol. The second kappa shape index (κ2) is 6.57. The number of nitrogens with two attached hydrogens (primary N) is 1. The number of carbonyl (C=O) groups is 1. The van der Waals surface area contributed by atoms with Crippen LogP contribution in [-0.4, -0.2) is 10.9 Å². The van der Waals surface area contributed by atoms with E-state index < -0.39 is 0 Å². The lowest BCUT2D eigenvalue weighted by molar-refractivity contribution is -0.117. The lowest BCUT2D eigenvalue weighted by Gasteiger charge is -2.13. The molecule has 2 aromatic carbocycles. The van der Waals surface area contributed by atoms with Crippen LogP contribution < -0.4 is 11.1 Å². The van der Waals surface area contributed by atoms with Gasteiger partial charge in [-0.15, -0.1) is 0 Å². The largest absolute Gasteiger partial charge is 0.397 e. The van der Waals surface area contributed by atoms with Crippen LogP contribution in [0.3, 0.4) is 0 Å². The third-order valence-corrected chi connectivity index (χ3v) is 5.39. The van der Waals surface area contributed by atoms with E-state index >= 15 is 0 Å². The molecule has 27 heavy (non-hydrogen) atoms. The van der Waals surface area contributed by atoms with E-state index in [1.54, 1.807) is 12.3 Å². The third-order valence-electron chi connectivity index (χ3n) is 4.98. The zero-order valence-electron chi connectivity index (χ0n) is 14.7. The minimum atomic E-state index is -0.245. The maximum Gasteiger partial charge on any atom is 0.230 e. The molecule has 1 amide bonds. The van der Waals surface area contributed by atoms with Crippen LogP contribution in [0.2, 0.25) is 5.02 Å². The Morgan fingerprint density at radius 1 is 1.33 bits per heavy atom. The van der Waals surface area contributed by atoms with Crippen LogP contribution in [0, 0.1) is 30.1 Å². The topological polar surface area (TPSA) is 91.8 Å². The number of aryl methyl sites for hydroxylation is 1. The van der Waals surface area contributed by atoms with E-state index in [0.717, 1.165) is 27.5 Å². The number of nitrogens with one attached hydrogen (secondary N) is 1. The Kier molecular flexibility index (Phi) is 4.21. The predicted molar refractivity (Wildman–Crippen MR) is 107 cm³/mol. The predicted octanol–water partition coefficient (Wildman–Crippen LogP) is 4.54. The van der Waals surface area contributed by atoms with Gasteiger partial charge < -0.3 is 11.1 Å². The molecule has 2 unspecified atom stereocenters. The highest BCUT2D eigenvalue weighted by atomic mass is 35.5. The summed E-state index contributed by atoms with van der Waals surface area (Å²) in [5.74, 6) is -0.166. The summed E-state index contributed by atoms with van der Waals surface area (Å²) in [6.45, 7) is 2.02. The molecule has 1 heterocycles. The zero-order chi connectivity index (χ0) is 19.1. The number of amides is 1. The van der Waals surface area contributed by atoms with Crippen molar-refractivity contribution in [2.24, 2.45) is 11.8 Å². The van der Waals surface area contributed by atoms with E-state index in [2.05, 4.69) is 16.4 Å². The number of nitrogens with zero attached hydrogens (tertiary/aromatic N) is 2. The molecule has 1 aliphatic carbocycles. The molecule has 134 valence electrons. The molecule has 3 aromatic rings. The number of hydrogen-bond acceptors (Lipinski definition) is 4. The SMILES string of the molecule is Cc1ccccc1-c1cc2cc(NC(=O)C3CC3C#N)ncc2c(N)c1Cl. The summed E-state index contributed by atoms with van der Waals surface area (Å²) in [4.78, 5) is 16.5. The Bertz CT molecular complexity index is 1120. The van der Waals surface area contributed by atoms with Crippen LogP contribution in [0.15, 0.2) is 42.6 Å². The van der Waals surface area contributed by atoms with Gasteiger partial charge in [0, 0.05) is 17.1 Å². The minimum Gasteiger partial charge on any atom is -0.397 e. The third kappa shape index (κ3) is 3.09. The van der Waals surface area contributed by atoms with Crippen LogP contribution in [0.5, 0.6) is 0 Å². The summed E-state index contributed by atoms with van der Waals surface area (Å²) in [6, 6.07) is 13.8. The minimum absolute atomic E-state index is 0.172. The molecule has 4 rings (SSSR count). The highest BCUT2D eigenvalue weighted by Crippen LogP contribution is 2.40. The van der Waals surface area contributed by atoms with E-state index in [4.69, 9.17) is 22.6 Å². The van der Waals surface area contributed by atoms with Crippen molar-refractivity contribution in [2.75, 3.05) is 11.1 Å². The number of carbonyl (C=O) groups excluding carboxylic acids is 1. The maximum absolute atomic E-state index is 12.2. The second-order valence-corrected chi connectivity index (χ2v) is 7.20. The fourth-order valence-electron chi connectivity index (χ4n) is 3.28. The number of aromatic nitrogens is 1. The Morgan fingerprint density at radius 2 is 2.11 bits per heavy atom. The first-order valence-corrected chi connectivity index (χ1v) is 9.01. The highest BCUT2D eigenvalue weighted by molar-refractivity contribution is 6.37. The van der Waals surface area contributed by atoms with Gasteiger partial charge in [0.25, 0.3) is 0 Å². The van der Waals surface area contributed by atoms with Crippen molar-refractivity contribution in [3.63, 3.8) is 0 Å². The summed E-state index contributed by atoms with van der Waals surface area (Å²) in [5, 5.41) is 13.7. The Labute approximate surface area is 161 Å². The average Bonchev–Trinajstić information content (AvgIpc) is 3.45. The van der Waals surface area contributed by atoms with Crippen molar-refractivity contribution in [1.82, 2.24) is 4.98 Å². The van der Waals surface area contributed by atoms with Crippen LogP contribution in [0.25, 0.3) is 21.9 Å². The van der Waals surface area contributed by atoms with Gasteiger partial charge in [0.15, 0.2) is 0 Å². The van der Waals surface area contributed by atoms with E-state index in [9.17, 15) is 4.79 Å². The molecule has 0 spiro atoms. The summed E-state index contributed by atoms with van der Waals surface area (Å²) < 4.78 is 0. The first kappa shape index (κ1) is 17.3. The first-order valence-electron chi connectivity index (χ1n) is 8.64. The quantitative estimate of drug-likeness (QED) is 0.656. The number of nitrogen functional groups attached to an aromatic ring is 1. The number of fused-ring (bicyclic) bond motifs is 1. The van der Waals surface area contributed by atoms with Gasteiger partial charge in [-0.3, -0.25) is 4.79 Å². The van der Waals surface area contributed by atoms with Crippen LogP contribution in [-0.2, 0) is 4.79 Å². The van der Waals surface area contributed by atoms with Gasteiger partial charge in [0.1, 0.15) is 5.82 Å². The van der Waals surface area contributed by atoms with E-state index in [-0.39, 0.29) is 17.7 Å². The molecule has 0 saturated heterocycles. The van der Waals surface area contributed by atoms with E-state index in [1.165, 1.54) is 0 Å². The number of rotatable bonds is 3. The number of pyridine rings is 1. The van der Waals surface area contributed by atoms with Gasteiger partial charge in [0.2, 0.25) is 5.91 Å². The fourth-order valence-corrected chi connectivity index (χ4v) is 3.54. The van der Waals surface area contributed by atoms with E-state index in [1.807, 2.05) is 37.3 Å². The molecule has 1 saturated carbocycles. The van der Waals surface area contributed by atoms with Gasteiger partial charge >= 0.3 is 0 Å². The molecule has 1 aliphatic rings.